The quantitative estimate of drug-likeness (QED) is 0.0957. The molecule has 0 amide bonds. The van der Waals surface area contributed by atoms with Crippen molar-refractivity contribution in [3.05, 3.63) is 142 Å². The number of fused-ring (bicyclic) bond motifs is 5. The molecule has 1 heterocycles. The Hall–Kier alpha value is -5.40. The van der Waals surface area contributed by atoms with E-state index in [9.17, 15) is 28.0 Å². The number of nitriles is 1. The lowest BCUT2D eigenvalue weighted by molar-refractivity contribution is -0.137. The van der Waals surface area contributed by atoms with Gasteiger partial charge < -0.3 is 4.74 Å². The van der Waals surface area contributed by atoms with Crippen LogP contribution in [0.3, 0.4) is 0 Å². The molecule has 0 radical (unpaired) electrons. The first-order valence-electron chi connectivity index (χ1n) is 16.4. The topological polar surface area (TPSA) is 92.9 Å². The maximum absolute atomic E-state index is 14.3. The third kappa shape index (κ3) is 6.06. The van der Waals surface area contributed by atoms with E-state index < -0.39 is 29.5 Å². The lowest BCUT2D eigenvalue weighted by Crippen LogP contribution is -2.26. The molecule has 0 spiro atoms. The first-order chi connectivity index (χ1) is 24.5. The fraction of sp³-hybridized carbons (Fsp3) is 0.195. The Morgan fingerprint density at radius 2 is 1.73 bits per heavy atom. The Bertz CT molecular complexity index is 2400. The molecule has 7 rings (SSSR count). The number of ketones is 1. The summed E-state index contributed by atoms with van der Waals surface area (Å²) in [4.78, 5) is 35.9. The molecule has 0 saturated heterocycles. The van der Waals surface area contributed by atoms with Gasteiger partial charge in [0.1, 0.15) is 5.78 Å². The SMILES string of the molecule is CCOC(=O)c1nccc(-c2c(C(C)Br)c3ccccc3c3ccc4c(c23)C(c2ccc(C#N)cc2)CC(=O)C4c2cccc(C(F)(F)F)c2)n1. The van der Waals surface area contributed by atoms with Gasteiger partial charge in [-0.1, -0.05) is 82.7 Å². The second-order valence-corrected chi connectivity index (χ2v) is 13.8. The molecule has 0 bridgehead atoms. The van der Waals surface area contributed by atoms with E-state index in [1.54, 1.807) is 31.2 Å². The first-order valence-corrected chi connectivity index (χ1v) is 17.3. The summed E-state index contributed by atoms with van der Waals surface area (Å²) in [5.74, 6) is -2.51. The van der Waals surface area contributed by atoms with Crippen LogP contribution in [0.2, 0.25) is 0 Å². The van der Waals surface area contributed by atoms with Gasteiger partial charge in [0.2, 0.25) is 5.82 Å². The number of nitrogens with zero attached hydrogens (tertiary/aromatic N) is 3. The third-order valence-electron chi connectivity index (χ3n) is 9.45. The van der Waals surface area contributed by atoms with E-state index in [4.69, 9.17) is 9.72 Å². The lowest BCUT2D eigenvalue weighted by atomic mass is 9.68. The molecule has 0 N–H and O–H groups in total. The number of benzene rings is 5. The summed E-state index contributed by atoms with van der Waals surface area (Å²) in [6, 6.07) is 27.6. The van der Waals surface area contributed by atoms with Crippen molar-refractivity contribution in [3.63, 3.8) is 0 Å². The van der Waals surface area contributed by atoms with E-state index in [2.05, 4.69) is 27.0 Å². The van der Waals surface area contributed by atoms with Gasteiger partial charge in [0.25, 0.3) is 0 Å². The minimum atomic E-state index is -4.60. The van der Waals surface area contributed by atoms with Gasteiger partial charge in [0.15, 0.2) is 0 Å². The van der Waals surface area contributed by atoms with Crippen molar-refractivity contribution in [2.75, 3.05) is 6.61 Å². The van der Waals surface area contributed by atoms with Gasteiger partial charge in [-0.25, -0.2) is 14.8 Å². The number of Topliss-reactive ketones (excluding diaryl/α,β-unsaturated/α-hetero) is 1. The van der Waals surface area contributed by atoms with Crippen LogP contribution in [0.4, 0.5) is 13.2 Å². The predicted molar refractivity (Wildman–Crippen MR) is 192 cm³/mol. The van der Waals surface area contributed by atoms with E-state index in [1.807, 2.05) is 55.5 Å². The minimum Gasteiger partial charge on any atom is -0.460 e. The highest BCUT2D eigenvalue weighted by molar-refractivity contribution is 9.09. The normalized spacial score (nSPS) is 16.5. The molecular formula is C41H29BrF3N3O3. The molecule has 254 valence electrons. The van der Waals surface area contributed by atoms with Crippen LogP contribution in [0.15, 0.2) is 97.2 Å². The van der Waals surface area contributed by atoms with Gasteiger partial charge in [0, 0.05) is 28.9 Å². The number of halogens is 4. The Morgan fingerprint density at radius 3 is 2.41 bits per heavy atom. The molecule has 0 aliphatic heterocycles. The molecule has 1 aliphatic carbocycles. The van der Waals surface area contributed by atoms with Crippen LogP contribution < -0.4 is 0 Å². The largest absolute Gasteiger partial charge is 0.460 e. The molecular weight excluding hydrogens is 719 g/mol. The van der Waals surface area contributed by atoms with Crippen LogP contribution >= 0.6 is 15.9 Å². The highest BCUT2D eigenvalue weighted by Crippen LogP contribution is 2.52. The van der Waals surface area contributed by atoms with Crippen molar-refractivity contribution >= 4 is 49.2 Å². The standard InChI is InChI=1S/C41H29BrF3N3O3/c1-3-51-40(50)39-47-18-17-32(48-39)38-34(22(2)42)28-10-5-4-9-27(28)29-15-16-30-35(25-7-6-8-26(19-25)41(43,44)45)33(49)20-31(36(30)37(29)38)24-13-11-23(21-46)12-14-24/h4-19,22,31,35H,3,20H2,1-2H3. The molecule has 0 fully saturated rings. The summed E-state index contributed by atoms with van der Waals surface area (Å²) in [5.41, 5.74) is 4.03. The van der Waals surface area contributed by atoms with Crippen LogP contribution in [0.25, 0.3) is 32.8 Å². The second-order valence-electron chi connectivity index (χ2n) is 12.4. The van der Waals surface area contributed by atoms with Gasteiger partial charge in [-0.15, -0.1) is 0 Å². The van der Waals surface area contributed by atoms with E-state index in [0.717, 1.165) is 50.4 Å². The van der Waals surface area contributed by atoms with Crippen LogP contribution in [-0.2, 0) is 15.7 Å². The molecule has 0 saturated carbocycles. The highest BCUT2D eigenvalue weighted by atomic mass is 79.9. The number of carbonyl (C=O) groups is 2. The molecule has 6 nitrogen and oxygen atoms in total. The third-order valence-corrected chi connectivity index (χ3v) is 9.91. The first kappa shape index (κ1) is 34.1. The smallest absolute Gasteiger partial charge is 0.416 e. The predicted octanol–water partition coefficient (Wildman–Crippen LogP) is 10.2. The van der Waals surface area contributed by atoms with Crippen LogP contribution in [-0.4, -0.2) is 28.3 Å². The fourth-order valence-corrected chi connectivity index (χ4v) is 7.85. The zero-order chi connectivity index (χ0) is 36.0. The van der Waals surface area contributed by atoms with Crippen LogP contribution in [0.5, 0.6) is 0 Å². The molecule has 5 aromatic carbocycles. The summed E-state index contributed by atoms with van der Waals surface area (Å²) >= 11 is 3.84. The molecule has 51 heavy (non-hydrogen) atoms. The van der Waals surface area contributed by atoms with Crippen molar-refractivity contribution < 1.29 is 27.5 Å². The van der Waals surface area contributed by atoms with Gasteiger partial charge in [-0.05, 0) is 87.5 Å². The van der Waals surface area contributed by atoms with Crippen molar-refractivity contribution in [2.45, 2.75) is 43.1 Å². The Morgan fingerprint density at radius 1 is 0.980 bits per heavy atom. The Kier molecular flexibility index (Phi) is 8.94. The van der Waals surface area contributed by atoms with Crippen LogP contribution in [0, 0.1) is 11.3 Å². The number of hydrogen-bond donors (Lipinski definition) is 0. The molecule has 6 aromatic rings. The number of hydrogen-bond acceptors (Lipinski definition) is 6. The Balaban J connectivity index is 1.65. The van der Waals surface area contributed by atoms with E-state index in [0.29, 0.717) is 22.4 Å². The number of esters is 1. The van der Waals surface area contributed by atoms with Gasteiger partial charge in [-0.2, -0.15) is 18.4 Å². The Labute approximate surface area is 300 Å². The fourth-order valence-electron chi connectivity index (χ4n) is 7.38. The van der Waals surface area contributed by atoms with Gasteiger partial charge in [-0.3, -0.25) is 4.79 Å². The van der Waals surface area contributed by atoms with Crippen LogP contribution in [0.1, 0.15) is 86.5 Å². The van der Waals surface area contributed by atoms with Gasteiger partial charge >= 0.3 is 12.1 Å². The average molecular weight is 749 g/mol. The second kappa shape index (κ2) is 13.4. The summed E-state index contributed by atoms with van der Waals surface area (Å²) in [7, 11) is 0. The van der Waals surface area contributed by atoms with E-state index >= 15 is 0 Å². The zero-order valence-electron chi connectivity index (χ0n) is 27.5. The lowest BCUT2D eigenvalue weighted by Gasteiger charge is -2.34. The monoisotopic (exact) mass is 747 g/mol. The number of rotatable bonds is 6. The summed E-state index contributed by atoms with van der Waals surface area (Å²) < 4.78 is 47.1. The average Bonchev–Trinajstić information content (AvgIpc) is 3.13. The molecule has 1 aliphatic rings. The maximum Gasteiger partial charge on any atom is 0.416 e. The molecule has 3 unspecified atom stereocenters. The van der Waals surface area contributed by atoms with E-state index in [-0.39, 0.29) is 35.0 Å². The van der Waals surface area contributed by atoms with Crippen molar-refractivity contribution in [3.8, 4) is 17.3 Å². The number of carbonyl (C=O) groups excluding carboxylic acids is 2. The number of ether oxygens (including phenoxy) is 1. The van der Waals surface area contributed by atoms with Crippen molar-refractivity contribution in [1.82, 2.24) is 9.97 Å². The molecule has 1 aromatic heterocycles. The summed E-state index contributed by atoms with van der Waals surface area (Å²) in [5, 5.41) is 13.0. The number of aromatic nitrogens is 2. The maximum atomic E-state index is 14.3. The van der Waals surface area contributed by atoms with Gasteiger partial charge in [0.05, 0.1) is 35.4 Å². The van der Waals surface area contributed by atoms with Crippen molar-refractivity contribution in [1.29, 1.82) is 5.26 Å². The highest BCUT2D eigenvalue weighted by Gasteiger charge is 2.39. The molecule has 10 heteroatoms. The minimum absolute atomic E-state index is 0.00222. The van der Waals surface area contributed by atoms with Crippen molar-refractivity contribution in [2.24, 2.45) is 0 Å². The summed E-state index contributed by atoms with van der Waals surface area (Å²) in [6.07, 6.45) is -3.09. The molecule has 3 atom stereocenters. The van der Waals surface area contributed by atoms with E-state index in [1.165, 1.54) is 12.3 Å². The number of alkyl halides is 4. The zero-order valence-corrected chi connectivity index (χ0v) is 29.0. The summed E-state index contributed by atoms with van der Waals surface area (Å²) in [6.45, 7) is 3.83.